The van der Waals surface area contributed by atoms with Crippen molar-refractivity contribution in [3.8, 4) is 22.9 Å². The van der Waals surface area contributed by atoms with Gasteiger partial charge in [0.05, 0.1) is 12.7 Å². The van der Waals surface area contributed by atoms with Crippen molar-refractivity contribution in [1.82, 2.24) is 0 Å². The van der Waals surface area contributed by atoms with Gasteiger partial charge in [0, 0.05) is 4.47 Å². The zero-order chi connectivity index (χ0) is 12.3. The number of benzene rings is 2. The van der Waals surface area contributed by atoms with Crippen LogP contribution in [0.3, 0.4) is 0 Å². The molecule has 0 fully saturated rings. The minimum absolute atomic E-state index is 0.549. The first kappa shape index (κ1) is 11.7. The molecule has 0 unspecified atom stereocenters. The highest BCUT2D eigenvalue weighted by Gasteiger charge is 2.05. The van der Waals surface area contributed by atoms with Crippen LogP contribution in [0, 0.1) is 11.3 Å². The van der Waals surface area contributed by atoms with E-state index < -0.39 is 0 Å². The molecule has 0 aliphatic heterocycles. The predicted molar refractivity (Wildman–Crippen MR) is 70.8 cm³/mol. The molecule has 0 radical (unpaired) electrons. The first-order chi connectivity index (χ1) is 8.24. The minimum Gasteiger partial charge on any atom is -0.495 e. The summed E-state index contributed by atoms with van der Waals surface area (Å²) in [5.41, 5.74) is 2.68. The third-order valence-electron chi connectivity index (χ3n) is 2.50. The standard InChI is InChI=1S/C14H10BrNO/c1-17-14-8-11(2-3-12(14)9-16)10-4-6-13(15)7-5-10/h2-8H,1H3. The van der Waals surface area contributed by atoms with Crippen LogP contribution >= 0.6 is 15.9 Å². The van der Waals surface area contributed by atoms with Crippen molar-refractivity contribution in [3.63, 3.8) is 0 Å². The monoisotopic (exact) mass is 287 g/mol. The molecule has 0 atom stereocenters. The zero-order valence-electron chi connectivity index (χ0n) is 9.27. The topological polar surface area (TPSA) is 33.0 Å². The summed E-state index contributed by atoms with van der Waals surface area (Å²) in [6.45, 7) is 0. The summed E-state index contributed by atoms with van der Waals surface area (Å²) in [6, 6.07) is 15.7. The van der Waals surface area contributed by atoms with Crippen LogP contribution in [0.4, 0.5) is 0 Å². The van der Waals surface area contributed by atoms with E-state index in [2.05, 4.69) is 22.0 Å². The number of hydrogen-bond donors (Lipinski definition) is 0. The third kappa shape index (κ3) is 2.48. The Hall–Kier alpha value is -1.79. The number of hydrogen-bond acceptors (Lipinski definition) is 2. The molecule has 2 rings (SSSR count). The third-order valence-corrected chi connectivity index (χ3v) is 3.03. The predicted octanol–water partition coefficient (Wildman–Crippen LogP) is 4.00. The van der Waals surface area contributed by atoms with Gasteiger partial charge in [-0.1, -0.05) is 34.1 Å². The highest BCUT2D eigenvalue weighted by Crippen LogP contribution is 2.27. The van der Waals surface area contributed by atoms with Crippen molar-refractivity contribution >= 4 is 15.9 Å². The van der Waals surface area contributed by atoms with E-state index >= 15 is 0 Å². The molecule has 0 aliphatic carbocycles. The second-order valence-corrected chi connectivity index (χ2v) is 4.45. The average Bonchev–Trinajstić information content (AvgIpc) is 2.39. The maximum absolute atomic E-state index is 8.91. The molecule has 2 nitrogen and oxygen atoms in total. The average molecular weight is 288 g/mol. The minimum atomic E-state index is 0.549. The van der Waals surface area contributed by atoms with E-state index in [4.69, 9.17) is 10.00 Å². The summed E-state index contributed by atoms with van der Waals surface area (Å²) in [7, 11) is 1.57. The van der Waals surface area contributed by atoms with E-state index in [0.29, 0.717) is 11.3 Å². The molecule has 0 heterocycles. The van der Waals surface area contributed by atoms with Crippen molar-refractivity contribution in [2.75, 3.05) is 7.11 Å². The van der Waals surface area contributed by atoms with Crippen molar-refractivity contribution in [3.05, 3.63) is 52.5 Å². The molecule has 2 aromatic rings. The fraction of sp³-hybridized carbons (Fsp3) is 0.0714. The van der Waals surface area contributed by atoms with Gasteiger partial charge in [-0.05, 0) is 35.4 Å². The molecule has 0 amide bonds. The van der Waals surface area contributed by atoms with Crippen LogP contribution in [0.15, 0.2) is 46.9 Å². The highest BCUT2D eigenvalue weighted by atomic mass is 79.9. The van der Waals surface area contributed by atoms with Gasteiger partial charge in [-0.25, -0.2) is 0 Å². The summed E-state index contributed by atoms with van der Waals surface area (Å²) < 4.78 is 6.23. The lowest BCUT2D eigenvalue weighted by atomic mass is 10.0. The molecule has 2 aromatic carbocycles. The summed E-state index contributed by atoms with van der Waals surface area (Å²) in [6.07, 6.45) is 0. The molecule has 0 aromatic heterocycles. The van der Waals surface area contributed by atoms with E-state index in [1.807, 2.05) is 36.4 Å². The Morgan fingerprint density at radius 1 is 1.06 bits per heavy atom. The summed E-state index contributed by atoms with van der Waals surface area (Å²) >= 11 is 3.40. The smallest absolute Gasteiger partial charge is 0.137 e. The van der Waals surface area contributed by atoms with E-state index in [1.165, 1.54) is 0 Å². The molecule has 17 heavy (non-hydrogen) atoms. The molecule has 0 spiro atoms. The molecular formula is C14H10BrNO. The Labute approximate surface area is 109 Å². The fourth-order valence-corrected chi connectivity index (χ4v) is 1.87. The van der Waals surface area contributed by atoms with Crippen LogP contribution in [0.2, 0.25) is 0 Å². The lowest BCUT2D eigenvalue weighted by Gasteiger charge is -2.06. The molecule has 0 aliphatic rings. The normalized spacial score (nSPS) is 9.71. The van der Waals surface area contributed by atoms with Gasteiger partial charge in [-0.15, -0.1) is 0 Å². The Morgan fingerprint density at radius 3 is 2.29 bits per heavy atom. The largest absolute Gasteiger partial charge is 0.495 e. The van der Waals surface area contributed by atoms with Crippen LogP contribution in [0.5, 0.6) is 5.75 Å². The molecule has 0 saturated carbocycles. The Kier molecular flexibility index (Phi) is 3.46. The lowest BCUT2D eigenvalue weighted by molar-refractivity contribution is 0.413. The van der Waals surface area contributed by atoms with Crippen LogP contribution in [-0.2, 0) is 0 Å². The van der Waals surface area contributed by atoms with Gasteiger partial charge in [0.1, 0.15) is 11.8 Å². The Bertz CT molecular complexity index is 570. The Morgan fingerprint density at radius 2 is 1.71 bits per heavy atom. The van der Waals surface area contributed by atoms with E-state index in [-0.39, 0.29) is 0 Å². The van der Waals surface area contributed by atoms with Crippen LogP contribution in [-0.4, -0.2) is 7.11 Å². The maximum atomic E-state index is 8.91. The van der Waals surface area contributed by atoms with Crippen molar-refractivity contribution < 1.29 is 4.74 Å². The van der Waals surface area contributed by atoms with Gasteiger partial charge in [-0.3, -0.25) is 0 Å². The van der Waals surface area contributed by atoms with Crippen molar-refractivity contribution in [2.45, 2.75) is 0 Å². The van der Waals surface area contributed by atoms with E-state index in [9.17, 15) is 0 Å². The first-order valence-corrected chi connectivity index (χ1v) is 5.88. The quantitative estimate of drug-likeness (QED) is 0.837. The van der Waals surface area contributed by atoms with Gasteiger partial charge in [0.2, 0.25) is 0 Å². The molecule has 0 N–H and O–H groups in total. The van der Waals surface area contributed by atoms with Crippen molar-refractivity contribution in [1.29, 1.82) is 5.26 Å². The molecule has 3 heteroatoms. The van der Waals surface area contributed by atoms with Gasteiger partial charge >= 0.3 is 0 Å². The van der Waals surface area contributed by atoms with Crippen LogP contribution < -0.4 is 4.74 Å². The number of nitriles is 1. The number of rotatable bonds is 2. The van der Waals surface area contributed by atoms with E-state index in [1.54, 1.807) is 13.2 Å². The lowest BCUT2D eigenvalue weighted by Crippen LogP contribution is -1.88. The van der Waals surface area contributed by atoms with Crippen molar-refractivity contribution in [2.24, 2.45) is 0 Å². The van der Waals surface area contributed by atoms with Crippen LogP contribution in [0.1, 0.15) is 5.56 Å². The second-order valence-electron chi connectivity index (χ2n) is 3.53. The van der Waals surface area contributed by atoms with Gasteiger partial charge in [-0.2, -0.15) is 5.26 Å². The molecule has 0 saturated heterocycles. The fourth-order valence-electron chi connectivity index (χ4n) is 1.61. The SMILES string of the molecule is COc1cc(-c2ccc(Br)cc2)ccc1C#N. The first-order valence-electron chi connectivity index (χ1n) is 5.08. The summed E-state index contributed by atoms with van der Waals surface area (Å²) in [5, 5.41) is 8.91. The molecular weight excluding hydrogens is 278 g/mol. The Balaban J connectivity index is 2.47. The highest BCUT2D eigenvalue weighted by molar-refractivity contribution is 9.10. The summed E-state index contributed by atoms with van der Waals surface area (Å²) in [4.78, 5) is 0. The maximum Gasteiger partial charge on any atom is 0.137 e. The van der Waals surface area contributed by atoms with Gasteiger partial charge in [0.25, 0.3) is 0 Å². The summed E-state index contributed by atoms with van der Waals surface area (Å²) in [5.74, 6) is 0.605. The van der Waals surface area contributed by atoms with Gasteiger partial charge < -0.3 is 4.74 Å². The molecule has 0 bridgehead atoms. The number of halogens is 1. The zero-order valence-corrected chi connectivity index (χ0v) is 10.9. The molecule has 84 valence electrons. The second kappa shape index (κ2) is 5.03. The van der Waals surface area contributed by atoms with Crippen LogP contribution in [0.25, 0.3) is 11.1 Å². The number of ether oxygens (including phenoxy) is 1. The number of nitrogens with zero attached hydrogens (tertiary/aromatic N) is 1. The van der Waals surface area contributed by atoms with E-state index in [0.717, 1.165) is 15.6 Å². The van der Waals surface area contributed by atoms with Gasteiger partial charge in [0.15, 0.2) is 0 Å². The number of methoxy groups -OCH3 is 1.